The predicted molar refractivity (Wildman–Crippen MR) is 72.5 cm³/mol. The van der Waals surface area contributed by atoms with Crippen molar-refractivity contribution in [1.29, 1.82) is 0 Å². The van der Waals surface area contributed by atoms with E-state index in [9.17, 15) is 4.79 Å². The maximum Gasteiger partial charge on any atom is 0.409 e. The van der Waals surface area contributed by atoms with Gasteiger partial charge in [0.15, 0.2) is 0 Å². The standard InChI is InChI=1S/C12H18N4O2S/c1-18-12(17)16-6-2-3-9(7-16)13-11-14-10(15-19-11)8-4-5-8/h8-9H,2-7H2,1H3,(H,13,14,15)/t9-/m1/s1. The van der Waals surface area contributed by atoms with Crippen molar-refractivity contribution < 1.29 is 9.53 Å². The van der Waals surface area contributed by atoms with E-state index in [0.29, 0.717) is 12.5 Å². The first-order valence-electron chi connectivity index (χ1n) is 6.69. The summed E-state index contributed by atoms with van der Waals surface area (Å²) in [6, 6.07) is 0.243. The lowest BCUT2D eigenvalue weighted by molar-refractivity contribution is 0.113. The van der Waals surface area contributed by atoms with Gasteiger partial charge in [0.1, 0.15) is 5.82 Å². The fourth-order valence-electron chi connectivity index (χ4n) is 2.37. The van der Waals surface area contributed by atoms with E-state index in [0.717, 1.165) is 30.3 Å². The summed E-state index contributed by atoms with van der Waals surface area (Å²) in [6.07, 6.45) is 4.22. The van der Waals surface area contributed by atoms with Gasteiger partial charge in [0.2, 0.25) is 5.13 Å². The Hall–Kier alpha value is -1.37. The van der Waals surface area contributed by atoms with E-state index in [4.69, 9.17) is 4.74 Å². The minimum Gasteiger partial charge on any atom is -0.453 e. The maximum atomic E-state index is 11.5. The molecule has 1 saturated carbocycles. The number of methoxy groups -OCH3 is 1. The van der Waals surface area contributed by atoms with Crippen LogP contribution < -0.4 is 5.32 Å². The third-order valence-corrected chi connectivity index (χ3v) is 4.23. The normalized spacial score (nSPS) is 23.2. The quantitative estimate of drug-likeness (QED) is 0.919. The Morgan fingerprint density at radius 2 is 2.32 bits per heavy atom. The molecule has 1 aromatic heterocycles. The molecule has 1 aliphatic heterocycles. The molecule has 0 bridgehead atoms. The molecule has 1 aromatic rings. The maximum absolute atomic E-state index is 11.5. The second-order valence-corrected chi connectivity index (χ2v) is 5.88. The van der Waals surface area contributed by atoms with Crippen molar-refractivity contribution in [3.05, 3.63) is 5.82 Å². The number of amides is 1. The van der Waals surface area contributed by atoms with Crippen LogP contribution in [-0.4, -0.2) is 46.6 Å². The highest BCUT2D eigenvalue weighted by atomic mass is 32.1. The number of ether oxygens (including phenoxy) is 1. The Bertz CT molecular complexity index is 460. The summed E-state index contributed by atoms with van der Waals surface area (Å²) in [7, 11) is 1.42. The molecule has 19 heavy (non-hydrogen) atoms. The summed E-state index contributed by atoms with van der Waals surface area (Å²) in [5.41, 5.74) is 0. The first-order valence-corrected chi connectivity index (χ1v) is 7.46. The van der Waals surface area contributed by atoms with Gasteiger partial charge >= 0.3 is 6.09 Å². The van der Waals surface area contributed by atoms with Crippen LogP contribution in [0.25, 0.3) is 0 Å². The van der Waals surface area contributed by atoms with E-state index in [2.05, 4.69) is 14.7 Å². The van der Waals surface area contributed by atoms with E-state index in [1.165, 1.54) is 31.5 Å². The van der Waals surface area contributed by atoms with E-state index in [1.807, 2.05) is 0 Å². The van der Waals surface area contributed by atoms with Gasteiger partial charge in [0.05, 0.1) is 7.11 Å². The van der Waals surface area contributed by atoms with Crippen LogP contribution in [0.3, 0.4) is 0 Å². The molecule has 7 heteroatoms. The number of nitrogens with zero attached hydrogens (tertiary/aromatic N) is 3. The van der Waals surface area contributed by atoms with Crippen molar-refractivity contribution in [2.45, 2.75) is 37.6 Å². The largest absolute Gasteiger partial charge is 0.453 e. The monoisotopic (exact) mass is 282 g/mol. The number of anilines is 1. The summed E-state index contributed by atoms with van der Waals surface area (Å²) in [5, 5.41) is 4.26. The van der Waals surface area contributed by atoms with Crippen LogP contribution in [0, 0.1) is 0 Å². The van der Waals surface area contributed by atoms with Crippen LogP contribution in [0.2, 0.25) is 0 Å². The molecule has 0 unspecified atom stereocenters. The molecule has 104 valence electrons. The number of piperidine rings is 1. The lowest BCUT2D eigenvalue weighted by atomic mass is 10.1. The molecule has 1 aliphatic carbocycles. The van der Waals surface area contributed by atoms with Gasteiger partial charge in [-0.2, -0.15) is 4.37 Å². The molecule has 3 rings (SSSR count). The second kappa shape index (κ2) is 5.32. The van der Waals surface area contributed by atoms with Gasteiger partial charge < -0.3 is 15.0 Å². The summed E-state index contributed by atoms with van der Waals surface area (Å²) >= 11 is 1.42. The Morgan fingerprint density at radius 1 is 1.47 bits per heavy atom. The fraction of sp³-hybridized carbons (Fsp3) is 0.750. The highest BCUT2D eigenvalue weighted by molar-refractivity contribution is 7.09. The second-order valence-electron chi connectivity index (χ2n) is 5.13. The van der Waals surface area contributed by atoms with E-state index in [-0.39, 0.29) is 12.1 Å². The van der Waals surface area contributed by atoms with Crippen molar-refractivity contribution in [3.8, 4) is 0 Å². The van der Waals surface area contributed by atoms with Crippen molar-refractivity contribution >= 4 is 22.8 Å². The number of rotatable bonds is 3. The number of aromatic nitrogens is 2. The molecule has 2 aliphatic rings. The van der Waals surface area contributed by atoms with Crippen LogP contribution in [0.15, 0.2) is 0 Å². The molecular weight excluding hydrogens is 264 g/mol. The highest BCUT2D eigenvalue weighted by Crippen LogP contribution is 2.39. The minimum atomic E-state index is -0.248. The molecule has 1 saturated heterocycles. The Balaban J connectivity index is 1.57. The predicted octanol–water partition coefficient (Wildman–Crippen LogP) is 2.06. The van der Waals surface area contributed by atoms with Crippen LogP contribution in [0.4, 0.5) is 9.93 Å². The summed E-state index contributed by atoms with van der Waals surface area (Å²) in [6.45, 7) is 1.44. The molecular formula is C12H18N4O2S. The van der Waals surface area contributed by atoms with Gasteiger partial charge in [-0.1, -0.05) is 0 Å². The molecule has 1 amide bonds. The fourth-order valence-corrected chi connectivity index (χ4v) is 3.09. The van der Waals surface area contributed by atoms with Crippen molar-refractivity contribution in [2.24, 2.45) is 0 Å². The molecule has 2 heterocycles. The van der Waals surface area contributed by atoms with Gasteiger partial charge in [-0.15, -0.1) is 0 Å². The zero-order chi connectivity index (χ0) is 13.2. The summed E-state index contributed by atoms with van der Waals surface area (Å²) < 4.78 is 9.14. The Labute approximate surface area is 116 Å². The highest BCUT2D eigenvalue weighted by Gasteiger charge is 2.29. The van der Waals surface area contributed by atoms with E-state index < -0.39 is 0 Å². The zero-order valence-corrected chi connectivity index (χ0v) is 11.8. The lowest BCUT2D eigenvalue weighted by Crippen LogP contribution is -2.45. The van der Waals surface area contributed by atoms with Crippen molar-refractivity contribution in [2.75, 3.05) is 25.5 Å². The van der Waals surface area contributed by atoms with Gasteiger partial charge in [0, 0.05) is 36.6 Å². The molecule has 0 aromatic carbocycles. The zero-order valence-electron chi connectivity index (χ0n) is 11.0. The lowest BCUT2D eigenvalue weighted by Gasteiger charge is -2.31. The third-order valence-electron chi connectivity index (χ3n) is 3.57. The van der Waals surface area contributed by atoms with Crippen molar-refractivity contribution in [3.63, 3.8) is 0 Å². The molecule has 1 N–H and O–H groups in total. The Morgan fingerprint density at radius 3 is 3.05 bits per heavy atom. The number of hydrogen-bond acceptors (Lipinski definition) is 6. The third kappa shape index (κ3) is 2.97. The number of carbonyl (C=O) groups is 1. The number of hydrogen-bond donors (Lipinski definition) is 1. The average Bonchev–Trinajstić information content (AvgIpc) is 3.19. The number of likely N-dealkylation sites (tertiary alicyclic amines) is 1. The van der Waals surface area contributed by atoms with Crippen LogP contribution in [-0.2, 0) is 4.74 Å². The van der Waals surface area contributed by atoms with Crippen LogP contribution in [0.1, 0.15) is 37.4 Å². The molecule has 0 spiro atoms. The van der Waals surface area contributed by atoms with Crippen LogP contribution >= 0.6 is 11.5 Å². The van der Waals surface area contributed by atoms with Crippen LogP contribution in [0.5, 0.6) is 0 Å². The van der Waals surface area contributed by atoms with E-state index >= 15 is 0 Å². The van der Waals surface area contributed by atoms with E-state index in [1.54, 1.807) is 4.90 Å². The average molecular weight is 282 g/mol. The van der Waals surface area contributed by atoms with Gasteiger partial charge in [-0.25, -0.2) is 9.78 Å². The summed E-state index contributed by atoms with van der Waals surface area (Å²) in [5.74, 6) is 1.57. The van der Waals surface area contributed by atoms with Gasteiger partial charge in [0.25, 0.3) is 0 Å². The first-order chi connectivity index (χ1) is 9.26. The number of carbonyl (C=O) groups excluding carboxylic acids is 1. The summed E-state index contributed by atoms with van der Waals surface area (Å²) in [4.78, 5) is 17.8. The molecule has 2 fully saturated rings. The van der Waals surface area contributed by atoms with Gasteiger partial charge in [-0.3, -0.25) is 0 Å². The number of nitrogens with one attached hydrogen (secondary N) is 1. The minimum absolute atomic E-state index is 0.243. The molecule has 0 radical (unpaired) electrons. The van der Waals surface area contributed by atoms with Gasteiger partial charge in [-0.05, 0) is 25.7 Å². The molecule has 6 nitrogen and oxygen atoms in total. The topological polar surface area (TPSA) is 67.3 Å². The Kier molecular flexibility index (Phi) is 3.54. The smallest absolute Gasteiger partial charge is 0.409 e. The SMILES string of the molecule is COC(=O)N1CCC[C@@H](Nc2nc(C3CC3)ns2)C1. The van der Waals surface area contributed by atoms with Crippen molar-refractivity contribution in [1.82, 2.24) is 14.3 Å². The first kappa shape index (κ1) is 12.7. The molecule has 1 atom stereocenters.